The number of carbonyl (C=O) groups is 1. The first-order chi connectivity index (χ1) is 6.34. The number of nitrogens with one attached hydrogen (secondary N) is 1. The first-order valence-corrected chi connectivity index (χ1v) is 4.87. The lowest BCUT2D eigenvalue weighted by Gasteiger charge is -1.96. The van der Waals surface area contributed by atoms with Crippen molar-refractivity contribution in [2.24, 2.45) is 0 Å². The maximum Gasteiger partial charge on any atom is 0.198 e. The normalized spacial score (nSPS) is 10.2. The van der Waals surface area contributed by atoms with Crippen LogP contribution in [-0.2, 0) is 0 Å². The second-order valence-corrected chi connectivity index (χ2v) is 3.17. The van der Waals surface area contributed by atoms with Crippen LogP contribution in [-0.4, -0.2) is 15.8 Å². The minimum atomic E-state index is 0.126. The van der Waals surface area contributed by atoms with Crippen molar-refractivity contribution < 1.29 is 4.79 Å². The van der Waals surface area contributed by atoms with Crippen molar-refractivity contribution in [2.45, 2.75) is 39.0 Å². The van der Waals surface area contributed by atoms with Gasteiger partial charge in [0.05, 0.1) is 0 Å². The molecule has 0 unspecified atom stereocenters. The molecule has 0 atom stereocenters. The third-order valence-electron chi connectivity index (χ3n) is 2.02. The number of H-pyrrole nitrogens is 1. The Morgan fingerprint density at radius 2 is 2.31 bits per heavy atom. The monoisotopic (exact) mass is 180 g/mol. The zero-order chi connectivity index (χ0) is 9.52. The molecule has 1 rings (SSSR count). The molecule has 1 heterocycles. The van der Waals surface area contributed by atoms with Crippen molar-refractivity contribution in [1.29, 1.82) is 0 Å². The summed E-state index contributed by atoms with van der Waals surface area (Å²) in [6.07, 6.45) is 8.45. The summed E-state index contributed by atoms with van der Waals surface area (Å²) in [6, 6.07) is 0. The van der Waals surface area contributed by atoms with Gasteiger partial charge in [0.1, 0.15) is 0 Å². The van der Waals surface area contributed by atoms with Crippen LogP contribution in [0.25, 0.3) is 0 Å². The Balaban J connectivity index is 2.19. The van der Waals surface area contributed by atoms with Crippen LogP contribution in [0.15, 0.2) is 12.4 Å². The molecule has 0 aliphatic heterocycles. The summed E-state index contributed by atoms with van der Waals surface area (Å²) >= 11 is 0. The number of hydrogen-bond donors (Lipinski definition) is 1. The number of nitrogens with zero attached hydrogens (tertiary/aromatic N) is 1. The molecule has 13 heavy (non-hydrogen) atoms. The minimum absolute atomic E-state index is 0.126. The van der Waals surface area contributed by atoms with Crippen LogP contribution in [0.4, 0.5) is 0 Å². The highest BCUT2D eigenvalue weighted by molar-refractivity contribution is 5.92. The molecule has 0 aliphatic rings. The Morgan fingerprint density at radius 3 is 2.92 bits per heavy atom. The third-order valence-corrected chi connectivity index (χ3v) is 2.02. The highest BCUT2D eigenvalue weighted by atomic mass is 16.1. The number of Topliss-reactive ketones (excluding diaryl/α,β-unsaturated/α-hetero) is 1. The second kappa shape index (κ2) is 5.51. The summed E-state index contributed by atoms with van der Waals surface area (Å²) in [5.74, 6) is 0.623. The molecule has 3 nitrogen and oxygen atoms in total. The second-order valence-electron chi connectivity index (χ2n) is 3.17. The van der Waals surface area contributed by atoms with E-state index in [4.69, 9.17) is 0 Å². The van der Waals surface area contributed by atoms with Gasteiger partial charge in [0.25, 0.3) is 0 Å². The van der Waals surface area contributed by atoms with Gasteiger partial charge in [-0.2, -0.15) is 0 Å². The molecule has 0 fully saturated rings. The van der Waals surface area contributed by atoms with Crippen LogP contribution in [0.3, 0.4) is 0 Å². The molecule has 1 N–H and O–H groups in total. The van der Waals surface area contributed by atoms with E-state index in [9.17, 15) is 4.79 Å². The molecular formula is C10H16N2O. The van der Waals surface area contributed by atoms with Gasteiger partial charge in [0, 0.05) is 18.8 Å². The molecule has 1 aromatic heterocycles. The van der Waals surface area contributed by atoms with Gasteiger partial charge in [0.15, 0.2) is 11.6 Å². The van der Waals surface area contributed by atoms with Crippen LogP contribution in [0.5, 0.6) is 0 Å². The van der Waals surface area contributed by atoms with Gasteiger partial charge in [-0.25, -0.2) is 4.98 Å². The van der Waals surface area contributed by atoms with Gasteiger partial charge in [0.2, 0.25) is 0 Å². The molecule has 0 saturated heterocycles. The SMILES string of the molecule is CCCCCCC(=O)c1ncc[nH]1. The number of rotatable bonds is 6. The van der Waals surface area contributed by atoms with Gasteiger partial charge >= 0.3 is 0 Å². The summed E-state index contributed by atoms with van der Waals surface area (Å²) in [5, 5.41) is 0. The molecule has 0 aromatic carbocycles. The number of unbranched alkanes of at least 4 members (excludes halogenated alkanes) is 3. The third kappa shape index (κ3) is 3.40. The average molecular weight is 180 g/mol. The predicted octanol–water partition coefficient (Wildman–Crippen LogP) is 2.56. The minimum Gasteiger partial charge on any atom is -0.342 e. The molecule has 0 radical (unpaired) electrons. The molecule has 72 valence electrons. The highest BCUT2D eigenvalue weighted by Gasteiger charge is 2.06. The summed E-state index contributed by atoms with van der Waals surface area (Å²) in [6.45, 7) is 2.16. The van der Waals surface area contributed by atoms with Crippen LogP contribution in [0.2, 0.25) is 0 Å². The summed E-state index contributed by atoms with van der Waals surface area (Å²) in [7, 11) is 0. The highest BCUT2D eigenvalue weighted by Crippen LogP contribution is 2.05. The Hall–Kier alpha value is -1.12. The number of carbonyl (C=O) groups excluding carboxylic acids is 1. The lowest BCUT2D eigenvalue weighted by molar-refractivity contribution is 0.0970. The average Bonchev–Trinajstić information content (AvgIpc) is 2.65. The number of aromatic nitrogens is 2. The maximum absolute atomic E-state index is 11.4. The van der Waals surface area contributed by atoms with Gasteiger partial charge in [-0.05, 0) is 6.42 Å². The predicted molar refractivity (Wildman–Crippen MR) is 51.7 cm³/mol. The van der Waals surface area contributed by atoms with E-state index in [1.54, 1.807) is 12.4 Å². The molecule has 0 amide bonds. The van der Waals surface area contributed by atoms with Crippen molar-refractivity contribution in [2.75, 3.05) is 0 Å². The van der Waals surface area contributed by atoms with Gasteiger partial charge < -0.3 is 4.98 Å². The Kier molecular flexibility index (Phi) is 4.23. The standard InChI is InChI=1S/C10H16N2O/c1-2-3-4-5-6-9(13)10-11-7-8-12-10/h7-8H,2-6H2,1H3,(H,11,12). The fraction of sp³-hybridized carbons (Fsp3) is 0.600. The van der Waals surface area contributed by atoms with Crippen molar-refractivity contribution >= 4 is 5.78 Å². The number of ketones is 1. The Bertz CT molecular complexity index is 241. The van der Waals surface area contributed by atoms with Crippen molar-refractivity contribution in [3.05, 3.63) is 18.2 Å². The lowest BCUT2D eigenvalue weighted by Crippen LogP contribution is -2.00. The molecular weight excluding hydrogens is 164 g/mol. The van der Waals surface area contributed by atoms with Crippen LogP contribution < -0.4 is 0 Å². The van der Waals surface area contributed by atoms with E-state index in [-0.39, 0.29) is 5.78 Å². The van der Waals surface area contributed by atoms with E-state index >= 15 is 0 Å². The smallest absolute Gasteiger partial charge is 0.198 e. The first kappa shape index (κ1) is 9.96. The van der Waals surface area contributed by atoms with Crippen molar-refractivity contribution in [3.63, 3.8) is 0 Å². The molecule has 1 aromatic rings. The summed E-state index contributed by atoms with van der Waals surface area (Å²) in [5.41, 5.74) is 0. The molecule has 0 aliphatic carbocycles. The van der Waals surface area contributed by atoms with Crippen molar-refractivity contribution in [1.82, 2.24) is 9.97 Å². The summed E-state index contributed by atoms with van der Waals surface area (Å²) in [4.78, 5) is 18.1. The van der Waals surface area contributed by atoms with Crippen LogP contribution >= 0.6 is 0 Å². The van der Waals surface area contributed by atoms with E-state index in [0.29, 0.717) is 12.2 Å². The number of imidazole rings is 1. The largest absolute Gasteiger partial charge is 0.342 e. The van der Waals surface area contributed by atoms with Crippen LogP contribution in [0.1, 0.15) is 49.6 Å². The molecule has 0 saturated carbocycles. The maximum atomic E-state index is 11.4. The lowest BCUT2D eigenvalue weighted by atomic mass is 10.1. The summed E-state index contributed by atoms with van der Waals surface area (Å²) < 4.78 is 0. The Labute approximate surface area is 78.6 Å². The van der Waals surface area contributed by atoms with E-state index in [2.05, 4.69) is 16.9 Å². The van der Waals surface area contributed by atoms with Gasteiger partial charge in [-0.3, -0.25) is 4.79 Å². The quantitative estimate of drug-likeness (QED) is 0.540. The number of hydrogen-bond acceptors (Lipinski definition) is 2. The zero-order valence-electron chi connectivity index (χ0n) is 8.05. The Morgan fingerprint density at radius 1 is 1.46 bits per heavy atom. The van der Waals surface area contributed by atoms with E-state index < -0.39 is 0 Å². The molecule has 0 spiro atoms. The fourth-order valence-corrected chi connectivity index (χ4v) is 1.25. The molecule has 0 bridgehead atoms. The first-order valence-electron chi connectivity index (χ1n) is 4.87. The zero-order valence-corrected chi connectivity index (χ0v) is 8.05. The van der Waals surface area contributed by atoms with E-state index in [1.165, 1.54) is 12.8 Å². The number of aromatic amines is 1. The van der Waals surface area contributed by atoms with Crippen molar-refractivity contribution in [3.8, 4) is 0 Å². The van der Waals surface area contributed by atoms with Crippen LogP contribution in [0, 0.1) is 0 Å². The van der Waals surface area contributed by atoms with Gasteiger partial charge in [-0.1, -0.05) is 26.2 Å². The molecule has 3 heteroatoms. The van der Waals surface area contributed by atoms with E-state index in [0.717, 1.165) is 12.8 Å². The van der Waals surface area contributed by atoms with E-state index in [1.807, 2.05) is 0 Å². The van der Waals surface area contributed by atoms with Gasteiger partial charge in [-0.15, -0.1) is 0 Å². The fourth-order valence-electron chi connectivity index (χ4n) is 1.25. The topological polar surface area (TPSA) is 45.8 Å².